The van der Waals surface area contributed by atoms with Crippen molar-refractivity contribution in [2.75, 3.05) is 24.5 Å². The lowest BCUT2D eigenvalue weighted by atomic mass is 10.3. The molecule has 0 aliphatic rings. The summed E-state index contributed by atoms with van der Waals surface area (Å²) in [5, 5.41) is 0. The summed E-state index contributed by atoms with van der Waals surface area (Å²) in [5.41, 5.74) is 6.42. The molecule has 0 radical (unpaired) electrons. The van der Waals surface area contributed by atoms with Gasteiger partial charge in [0.1, 0.15) is 5.82 Å². The fourth-order valence-corrected chi connectivity index (χ4v) is 2.28. The molecule has 0 fully saturated rings. The summed E-state index contributed by atoms with van der Waals surface area (Å²) in [6.45, 7) is 0. The maximum atomic E-state index is 12.8. The first-order chi connectivity index (χ1) is 5.41. The van der Waals surface area contributed by atoms with Crippen LogP contribution in [0.5, 0.6) is 0 Å². The van der Waals surface area contributed by atoms with Gasteiger partial charge >= 0.3 is 0 Å². The number of hydrogen-bond acceptors (Lipinski definition) is 1. The highest BCUT2D eigenvalue weighted by Gasteiger charge is 2.11. The molecule has 1 rings (SSSR count). The van der Waals surface area contributed by atoms with Gasteiger partial charge in [0.25, 0.3) is 0 Å². The third-order valence-corrected chi connectivity index (χ3v) is 3.31. The lowest BCUT2D eigenvalue weighted by molar-refractivity contribution is 0.624. The van der Waals surface area contributed by atoms with Gasteiger partial charge in [0.15, 0.2) is 0 Å². The first-order valence-electron chi connectivity index (χ1n) is 3.64. The zero-order valence-corrected chi connectivity index (χ0v) is 8.41. The van der Waals surface area contributed by atoms with Crippen LogP contribution in [0.25, 0.3) is 0 Å². The molecule has 0 heterocycles. The molecule has 1 aromatic rings. The van der Waals surface area contributed by atoms with Crippen LogP contribution in [0.2, 0.25) is 0 Å². The lowest BCUT2D eigenvalue weighted by Gasteiger charge is -2.27. The molecule has 0 bridgehead atoms. The molecular formula is C9H14FNS. The Kier molecular flexibility index (Phi) is 2.33. The normalized spacial score (nSPS) is 13.0. The van der Waals surface area contributed by atoms with Crippen LogP contribution in [0.4, 0.5) is 10.1 Å². The van der Waals surface area contributed by atoms with Crippen LogP contribution in [0.1, 0.15) is 0 Å². The lowest BCUT2D eigenvalue weighted by Crippen LogP contribution is -1.99. The van der Waals surface area contributed by atoms with Crippen molar-refractivity contribution in [3.05, 3.63) is 24.0 Å². The standard InChI is InChI=1S/C9H14FNS/c1-12(2,3)9-6-7(10)4-5-8(9)11/h4-6H,11H2,1-3H3. The van der Waals surface area contributed by atoms with Gasteiger partial charge in [-0.25, -0.2) is 14.4 Å². The van der Waals surface area contributed by atoms with Crippen LogP contribution >= 0.6 is 10.0 Å². The van der Waals surface area contributed by atoms with Crippen molar-refractivity contribution < 1.29 is 4.39 Å². The van der Waals surface area contributed by atoms with Crippen molar-refractivity contribution in [1.82, 2.24) is 0 Å². The van der Waals surface area contributed by atoms with Gasteiger partial charge in [-0.15, -0.1) is 0 Å². The summed E-state index contributed by atoms with van der Waals surface area (Å²) in [6, 6.07) is 4.55. The predicted octanol–water partition coefficient (Wildman–Crippen LogP) is 2.46. The molecule has 3 heteroatoms. The molecule has 68 valence electrons. The molecule has 0 spiro atoms. The minimum Gasteiger partial charge on any atom is -0.398 e. The van der Waals surface area contributed by atoms with Crippen LogP contribution in [-0.4, -0.2) is 18.8 Å². The van der Waals surface area contributed by atoms with E-state index in [9.17, 15) is 4.39 Å². The maximum Gasteiger partial charge on any atom is 0.124 e. The largest absolute Gasteiger partial charge is 0.398 e. The van der Waals surface area contributed by atoms with Crippen molar-refractivity contribution >= 4 is 15.7 Å². The number of halogens is 1. The Hall–Kier alpha value is -0.700. The summed E-state index contributed by atoms with van der Waals surface area (Å²) in [4.78, 5) is 0.947. The summed E-state index contributed by atoms with van der Waals surface area (Å²) in [7, 11) is -0.921. The van der Waals surface area contributed by atoms with Gasteiger partial charge in [0.05, 0.1) is 0 Å². The van der Waals surface area contributed by atoms with Crippen LogP contribution in [0, 0.1) is 5.82 Å². The Morgan fingerprint density at radius 1 is 1.25 bits per heavy atom. The summed E-state index contributed by atoms with van der Waals surface area (Å²) in [6.07, 6.45) is 6.29. The van der Waals surface area contributed by atoms with E-state index in [1.165, 1.54) is 12.1 Å². The molecule has 0 aliphatic carbocycles. The quantitative estimate of drug-likeness (QED) is 0.671. The minimum absolute atomic E-state index is 0.207. The molecule has 0 aliphatic heterocycles. The monoisotopic (exact) mass is 187 g/mol. The second-order valence-electron chi connectivity index (χ2n) is 3.52. The molecular weight excluding hydrogens is 173 g/mol. The molecule has 0 unspecified atom stereocenters. The Balaban J connectivity index is 3.23. The van der Waals surface area contributed by atoms with E-state index in [2.05, 4.69) is 18.8 Å². The van der Waals surface area contributed by atoms with E-state index in [4.69, 9.17) is 5.73 Å². The van der Waals surface area contributed by atoms with Gasteiger partial charge < -0.3 is 5.73 Å². The van der Waals surface area contributed by atoms with Crippen molar-refractivity contribution in [2.24, 2.45) is 0 Å². The van der Waals surface area contributed by atoms with Crippen molar-refractivity contribution in [2.45, 2.75) is 4.90 Å². The SMILES string of the molecule is CS(C)(C)c1cc(F)ccc1N. The van der Waals surface area contributed by atoms with Crippen LogP contribution in [0.3, 0.4) is 0 Å². The van der Waals surface area contributed by atoms with E-state index in [0.717, 1.165) is 4.90 Å². The Labute approximate surface area is 74.1 Å². The van der Waals surface area contributed by atoms with Crippen LogP contribution < -0.4 is 5.73 Å². The second-order valence-corrected chi connectivity index (χ2v) is 7.63. The number of hydrogen-bond donors (Lipinski definition) is 1. The highest BCUT2D eigenvalue weighted by Crippen LogP contribution is 2.48. The first kappa shape index (κ1) is 9.39. The van der Waals surface area contributed by atoms with Crippen LogP contribution in [0.15, 0.2) is 23.1 Å². The van der Waals surface area contributed by atoms with E-state index < -0.39 is 10.0 Å². The molecule has 2 N–H and O–H groups in total. The molecule has 0 atom stereocenters. The molecule has 0 aromatic heterocycles. The number of nitrogen functional groups attached to an aromatic ring is 1. The summed E-state index contributed by atoms with van der Waals surface area (Å²) >= 11 is 0. The summed E-state index contributed by atoms with van der Waals surface area (Å²) in [5.74, 6) is -0.207. The molecule has 0 saturated carbocycles. The second kappa shape index (κ2) is 2.98. The van der Waals surface area contributed by atoms with E-state index >= 15 is 0 Å². The van der Waals surface area contributed by atoms with Crippen molar-refractivity contribution in [3.63, 3.8) is 0 Å². The first-order valence-corrected chi connectivity index (χ1v) is 6.50. The van der Waals surface area contributed by atoms with E-state index in [1.807, 2.05) is 0 Å². The van der Waals surface area contributed by atoms with E-state index in [1.54, 1.807) is 6.07 Å². The van der Waals surface area contributed by atoms with E-state index in [0.29, 0.717) is 5.69 Å². The Morgan fingerprint density at radius 2 is 1.83 bits per heavy atom. The van der Waals surface area contributed by atoms with Gasteiger partial charge in [-0.3, -0.25) is 0 Å². The fourth-order valence-electron chi connectivity index (χ4n) is 1.04. The topological polar surface area (TPSA) is 26.0 Å². The zero-order valence-electron chi connectivity index (χ0n) is 7.60. The fraction of sp³-hybridized carbons (Fsp3) is 0.333. The van der Waals surface area contributed by atoms with Crippen molar-refractivity contribution in [1.29, 1.82) is 0 Å². The minimum atomic E-state index is -0.921. The smallest absolute Gasteiger partial charge is 0.124 e. The van der Waals surface area contributed by atoms with Crippen LogP contribution in [-0.2, 0) is 0 Å². The van der Waals surface area contributed by atoms with Gasteiger partial charge in [-0.05, 0) is 37.0 Å². The third-order valence-electron chi connectivity index (χ3n) is 1.64. The molecule has 0 saturated heterocycles. The molecule has 1 nitrogen and oxygen atoms in total. The predicted molar refractivity (Wildman–Crippen MR) is 54.4 cm³/mol. The number of benzene rings is 1. The van der Waals surface area contributed by atoms with Gasteiger partial charge in [-0.2, -0.15) is 0 Å². The highest BCUT2D eigenvalue weighted by molar-refractivity contribution is 8.32. The average molecular weight is 187 g/mol. The average Bonchev–Trinajstić information content (AvgIpc) is 1.92. The molecule has 12 heavy (non-hydrogen) atoms. The molecule has 1 aromatic carbocycles. The molecule has 0 amide bonds. The highest BCUT2D eigenvalue weighted by atomic mass is 32.3. The van der Waals surface area contributed by atoms with Gasteiger partial charge in [0.2, 0.25) is 0 Å². The van der Waals surface area contributed by atoms with Crippen molar-refractivity contribution in [3.8, 4) is 0 Å². The van der Waals surface area contributed by atoms with Gasteiger partial charge in [0, 0.05) is 10.6 Å². The van der Waals surface area contributed by atoms with E-state index in [-0.39, 0.29) is 5.82 Å². The number of rotatable bonds is 1. The summed E-state index contributed by atoms with van der Waals surface area (Å²) < 4.78 is 12.8. The third kappa shape index (κ3) is 1.91. The Bertz CT molecular complexity index is 291. The maximum absolute atomic E-state index is 12.8. The Morgan fingerprint density at radius 3 is 2.25 bits per heavy atom. The zero-order chi connectivity index (χ0) is 9.35. The number of nitrogens with two attached hydrogens (primary N) is 1. The van der Waals surface area contributed by atoms with Gasteiger partial charge in [-0.1, -0.05) is 0 Å². The number of anilines is 1.